The minimum Gasteiger partial charge on any atom is -0.329 e. The average Bonchev–Trinajstić information content (AvgIpc) is 3.10. The lowest BCUT2D eigenvalue weighted by atomic mass is 9.86. The first kappa shape index (κ1) is 14.0. The van der Waals surface area contributed by atoms with Crippen molar-refractivity contribution in [1.82, 2.24) is 4.90 Å². The van der Waals surface area contributed by atoms with E-state index in [1.165, 1.54) is 24.1 Å². The van der Waals surface area contributed by atoms with Gasteiger partial charge in [-0.05, 0) is 57.0 Å². The molecule has 102 valence electrons. The fourth-order valence-electron chi connectivity index (χ4n) is 3.20. The molecule has 1 aromatic heterocycles. The van der Waals surface area contributed by atoms with Crippen LogP contribution >= 0.6 is 11.3 Å². The van der Waals surface area contributed by atoms with Crippen molar-refractivity contribution < 1.29 is 0 Å². The predicted octanol–water partition coefficient (Wildman–Crippen LogP) is 3.13. The number of hydrogen-bond donors (Lipinski definition) is 1. The predicted molar refractivity (Wildman–Crippen MR) is 80.0 cm³/mol. The van der Waals surface area contributed by atoms with E-state index < -0.39 is 0 Å². The summed E-state index contributed by atoms with van der Waals surface area (Å²) >= 11 is 1.86. The molecule has 3 heteroatoms. The normalized spacial score (nSPS) is 20.9. The van der Waals surface area contributed by atoms with Gasteiger partial charge in [0, 0.05) is 23.0 Å². The molecule has 0 spiro atoms. The number of nitrogens with two attached hydrogens (primary N) is 1. The first-order chi connectivity index (χ1) is 8.64. The van der Waals surface area contributed by atoms with Crippen LogP contribution in [-0.2, 0) is 6.42 Å². The Morgan fingerprint density at radius 2 is 2.28 bits per heavy atom. The van der Waals surface area contributed by atoms with Gasteiger partial charge in [0.2, 0.25) is 0 Å². The van der Waals surface area contributed by atoms with Crippen molar-refractivity contribution in [2.24, 2.45) is 11.7 Å². The first-order valence-corrected chi connectivity index (χ1v) is 7.97. The van der Waals surface area contributed by atoms with Crippen LogP contribution in [0.5, 0.6) is 0 Å². The molecular formula is C15H26N2S. The second kappa shape index (κ2) is 5.72. The Morgan fingerprint density at radius 1 is 1.56 bits per heavy atom. The summed E-state index contributed by atoms with van der Waals surface area (Å²) in [5, 5.41) is 2.17. The Kier molecular flexibility index (Phi) is 4.46. The topological polar surface area (TPSA) is 29.3 Å². The van der Waals surface area contributed by atoms with Gasteiger partial charge >= 0.3 is 0 Å². The molecular weight excluding hydrogens is 240 g/mol. The quantitative estimate of drug-likeness (QED) is 0.821. The Hall–Kier alpha value is -0.380. The smallest absolute Gasteiger partial charge is 0.0357 e. The summed E-state index contributed by atoms with van der Waals surface area (Å²) in [5.41, 5.74) is 6.37. The maximum absolute atomic E-state index is 6.13. The molecule has 0 amide bonds. The maximum Gasteiger partial charge on any atom is 0.0357 e. The lowest BCUT2D eigenvalue weighted by Crippen LogP contribution is -2.57. The van der Waals surface area contributed by atoms with Gasteiger partial charge in [-0.1, -0.05) is 13.0 Å². The van der Waals surface area contributed by atoms with Crippen molar-refractivity contribution in [1.29, 1.82) is 0 Å². The van der Waals surface area contributed by atoms with Crippen LogP contribution in [-0.4, -0.2) is 30.1 Å². The fraction of sp³-hybridized carbons (Fsp3) is 0.733. The Bertz CT molecular complexity index is 353. The van der Waals surface area contributed by atoms with Crippen LogP contribution in [0, 0.1) is 5.92 Å². The standard InChI is InChI=1S/C15H26N2S/c1-4-15(11-16,13-7-8-13)17(3)12(2)10-14-6-5-9-18-14/h5-6,9,12-13H,4,7-8,10-11,16H2,1-3H3. The highest BCUT2D eigenvalue weighted by atomic mass is 32.1. The molecule has 0 radical (unpaired) electrons. The van der Waals surface area contributed by atoms with Gasteiger partial charge in [0.1, 0.15) is 0 Å². The fourth-order valence-corrected chi connectivity index (χ4v) is 4.02. The molecule has 0 saturated heterocycles. The third kappa shape index (κ3) is 2.63. The molecule has 1 aliphatic carbocycles. The summed E-state index contributed by atoms with van der Waals surface area (Å²) in [6, 6.07) is 4.94. The number of rotatable bonds is 7. The van der Waals surface area contributed by atoms with Crippen LogP contribution in [0.4, 0.5) is 0 Å². The number of likely N-dealkylation sites (N-methyl/N-ethyl adjacent to an activating group) is 1. The highest BCUT2D eigenvalue weighted by Gasteiger charge is 2.46. The zero-order chi connectivity index (χ0) is 13.2. The molecule has 2 atom stereocenters. The summed E-state index contributed by atoms with van der Waals surface area (Å²) in [7, 11) is 2.27. The molecule has 1 heterocycles. The molecule has 2 nitrogen and oxygen atoms in total. The zero-order valence-corrected chi connectivity index (χ0v) is 12.7. The van der Waals surface area contributed by atoms with Crippen molar-refractivity contribution in [3.8, 4) is 0 Å². The third-order valence-corrected chi connectivity index (χ3v) is 5.64. The van der Waals surface area contributed by atoms with E-state index in [2.05, 4.69) is 43.3 Å². The maximum atomic E-state index is 6.13. The molecule has 2 N–H and O–H groups in total. The third-order valence-electron chi connectivity index (χ3n) is 4.74. The SMILES string of the molecule is CCC(CN)(C1CC1)N(C)C(C)Cc1cccs1. The van der Waals surface area contributed by atoms with E-state index in [1.807, 2.05) is 11.3 Å². The zero-order valence-electron chi connectivity index (χ0n) is 11.9. The molecule has 1 aromatic rings. The van der Waals surface area contributed by atoms with E-state index in [9.17, 15) is 0 Å². The minimum atomic E-state index is 0.233. The summed E-state index contributed by atoms with van der Waals surface area (Å²) in [6.45, 7) is 5.42. The molecule has 2 rings (SSSR count). The van der Waals surface area contributed by atoms with E-state index in [4.69, 9.17) is 5.73 Å². The number of hydrogen-bond acceptors (Lipinski definition) is 3. The van der Waals surface area contributed by atoms with Crippen LogP contribution in [0.15, 0.2) is 17.5 Å². The second-order valence-electron chi connectivity index (χ2n) is 5.68. The first-order valence-electron chi connectivity index (χ1n) is 7.09. The summed E-state index contributed by atoms with van der Waals surface area (Å²) < 4.78 is 0. The van der Waals surface area contributed by atoms with Gasteiger partial charge in [-0.3, -0.25) is 4.90 Å². The monoisotopic (exact) mass is 266 g/mol. The highest BCUT2D eigenvalue weighted by Crippen LogP contribution is 2.45. The molecule has 0 bridgehead atoms. The Morgan fingerprint density at radius 3 is 2.72 bits per heavy atom. The molecule has 1 saturated carbocycles. The van der Waals surface area contributed by atoms with Crippen LogP contribution in [0.2, 0.25) is 0 Å². The van der Waals surface area contributed by atoms with Crippen LogP contribution < -0.4 is 5.73 Å². The Labute approximate surface area is 115 Å². The van der Waals surface area contributed by atoms with Gasteiger partial charge in [0.25, 0.3) is 0 Å². The lowest BCUT2D eigenvalue weighted by molar-refractivity contribution is 0.0603. The molecule has 1 aliphatic rings. The van der Waals surface area contributed by atoms with Crippen LogP contribution in [0.25, 0.3) is 0 Å². The van der Waals surface area contributed by atoms with Gasteiger partial charge < -0.3 is 5.73 Å². The molecule has 18 heavy (non-hydrogen) atoms. The van der Waals surface area contributed by atoms with E-state index >= 15 is 0 Å². The van der Waals surface area contributed by atoms with Gasteiger partial charge in [0.05, 0.1) is 0 Å². The number of nitrogens with zero attached hydrogens (tertiary/aromatic N) is 1. The van der Waals surface area contributed by atoms with Gasteiger partial charge in [-0.25, -0.2) is 0 Å². The minimum absolute atomic E-state index is 0.233. The van der Waals surface area contributed by atoms with Gasteiger partial charge in [0.15, 0.2) is 0 Å². The summed E-state index contributed by atoms with van der Waals surface area (Å²) in [6.07, 6.45) is 5.03. The average molecular weight is 266 g/mol. The van der Waals surface area contributed by atoms with Crippen LogP contribution in [0.1, 0.15) is 38.0 Å². The van der Waals surface area contributed by atoms with Crippen LogP contribution in [0.3, 0.4) is 0 Å². The lowest BCUT2D eigenvalue weighted by Gasteiger charge is -2.44. The molecule has 0 aliphatic heterocycles. The van der Waals surface area contributed by atoms with Crippen molar-refractivity contribution >= 4 is 11.3 Å². The van der Waals surface area contributed by atoms with Gasteiger partial charge in [-0.15, -0.1) is 11.3 Å². The molecule has 1 fully saturated rings. The van der Waals surface area contributed by atoms with E-state index in [-0.39, 0.29) is 5.54 Å². The summed E-state index contributed by atoms with van der Waals surface area (Å²) in [5.74, 6) is 0.822. The molecule has 2 unspecified atom stereocenters. The largest absolute Gasteiger partial charge is 0.329 e. The van der Waals surface area contributed by atoms with Crippen molar-refractivity contribution in [3.05, 3.63) is 22.4 Å². The van der Waals surface area contributed by atoms with Crippen molar-refractivity contribution in [2.45, 2.75) is 51.1 Å². The van der Waals surface area contributed by atoms with Crippen molar-refractivity contribution in [3.63, 3.8) is 0 Å². The van der Waals surface area contributed by atoms with E-state index in [0.29, 0.717) is 6.04 Å². The van der Waals surface area contributed by atoms with E-state index in [1.54, 1.807) is 0 Å². The van der Waals surface area contributed by atoms with Gasteiger partial charge in [-0.2, -0.15) is 0 Å². The second-order valence-corrected chi connectivity index (χ2v) is 6.71. The highest BCUT2D eigenvalue weighted by molar-refractivity contribution is 7.09. The Balaban J connectivity index is 2.05. The van der Waals surface area contributed by atoms with E-state index in [0.717, 1.165) is 18.9 Å². The van der Waals surface area contributed by atoms with Crippen molar-refractivity contribution in [2.75, 3.05) is 13.6 Å². The molecule has 0 aromatic carbocycles. The summed E-state index contributed by atoms with van der Waals surface area (Å²) in [4.78, 5) is 4.04. The number of thiophene rings is 1.